The summed E-state index contributed by atoms with van der Waals surface area (Å²) in [6, 6.07) is 3.99. The van der Waals surface area contributed by atoms with Crippen LogP contribution in [0.2, 0.25) is 0 Å². The van der Waals surface area contributed by atoms with Gasteiger partial charge in [-0.2, -0.15) is 0 Å². The maximum Gasteiger partial charge on any atom is 0.242 e. The number of nitrogens with two attached hydrogens (primary N) is 2. The van der Waals surface area contributed by atoms with Gasteiger partial charge in [-0.05, 0) is 45.2 Å². The molecule has 126 valence electrons. The van der Waals surface area contributed by atoms with Crippen LogP contribution in [0.15, 0.2) is 18.3 Å². The van der Waals surface area contributed by atoms with Gasteiger partial charge in [-0.3, -0.25) is 14.8 Å². The number of carbonyl (C=O) groups is 1. The van der Waals surface area contributed by atoms with E-state index in [9.17, 15) is 4.79 Å². The van der Waals surface area contributed by atoms with E-state index in [0.29, 0.717) is 6.54 Å². The van der Waals surface area contributed by atoms with Gasteiger partial charge in [-0.15, -0.1) is 0 Å². The summed E-state index contributed by atoms with van der Waals surface area (Å²) in [4.78, 5) is 17.1. The van der Waals surface area contributed by atoms with Crippen molar-refractivity contribution in [1.82, 2.24) is 15.3 Å². The Balaban J connectivity index is 1.63. The fraction of sp³-hybridized carbons (Fsp3) is 0.647. The van der Waals surface area contributed by atoms with E-state index in [1.807, 2.05) is 19.9 Å². The van der Waals surface area contributed by atoms with Crippen LogP contribution in [0.3, 0.4) is 0 Å². The molecule has 2 fully saturated rings. The van der Waals surface area contributed by atoms with Crippen molar-refractivity contribution in [2.24, 2.45) is 23.4 Å². The van der Waals surface area contributed by atoms with Crippen molar-refractivity contribution in [3.05, 3.63) is 29.6 Å². The summed E-state index contributed by atoms with van der Waals surface area (Å²) in [7, 11) is 0. The molecule has 1 aliphatic heterocycles. The molecular formula is C17H27N5O. The number of carbonyl (C=O) groups excluding carboxylic acids is 1. The maximum atomic E-state index is 12.7. The number of hydrazine groups is 1. The van der Waals surface area contributed by atoms with Crippen LogP contribution in [-0.4, -0.2) is 40.1 Å². The van der Waals surface area contributed by atoms with Crippen LogP contribution >= 0.6 is 0 Å². The average molecular weight is 317 g/mol. The first-order chi connectivity index (χ1) is 10.8. The van der Waals surface area contributed by atoms with Crippen molar-refractivity contribution in [3.63, 3.8) is 0 Å². The number of hydrogen-bond acceptors (Lipinski definition) is 5. The Morgan fingerprint density at radius 3 is 2.91 bits per heavy atom. The number of amides is 1. The lowest BCUT2D eigenvalue weighted by Gasteiger charge is -2.35. The minimum atomic E-state index is -0.429. The molecule has 23 heavy (non-hydrogen) atoms. The standard InChI is InChI=1S/C17H27N5O/c1-11-5-4-8-21-13(11)6-7-16(2,3)22(19)15(23)14-12-9-20-10-17(12,14)18/h4-5,8,12,14,20H,6-7,9-10,18-19H2,1-3H3/t12-,14+,17+/m0/s1. The third kappa shape index (κ3) is 2.75. The number of hydrogen-bond donors (Lipinski definition) is 3. The van der Waals surface area contributed by atoms with Gasteiger partial charge in [0.15, 0.2) is 0 Å². The summed E-state index contributed by atoms with van der Waals surface area (Å²) in [6.45, 7) is 7.58. The number of piperidine rings is 1. The highest BCUT2D eigenvalue weighted by atomic mass is 16.2. The lowest BCUT2D eigenvalue weighted by Crippen LogP contribution is -2.55. The van der Waals surface area contributed by atoms with Crippen molar-refractivity contribution in [2.75, 3.05) is 13.1 Å². The van der Waals surface area contributed by atoms with Crippen molar-refractivity contribution in [3.8, 4) is 0 Å². The fourth-order valence-corrected chi connectivity index (χ4v) is 3.71. The molecule has 0 aromatic carbocycles. The predicted molar refractivity (Wildman–Crippen MR) is 89.2 cm³/mol. The first-order valence-corrected chi connectivity index (χ1v) is 8.26. The molecule has 1 aliphatic carbocycles. The Kier molecular flexibility index (Phi) is 3.94. The van der Waals surface area contributed by atoms with Crippen molar-refractivity contribution >= 4 is 5.91 Å². The first-order valence-electron chi connectivity index (χ1n) is 8.26. The molecule has 2 aliphatic rings. The number of nitrogens with one attached hydrogen (secondary N) is 1. The molecule has 1 saturated heterocycles. The molecule has 3 rings (SSSR count). The zero-order valence-electron chi connectivity index (χ0n) is 14.2. The molecule has 5 N–H and O–H groups in total. The number of fused-ring (bicyclic) bond motifs is 1. The highest BCUT2D eigenvalue weighted by molar-refractivity contribution is 5.85. The summed E-state index contributed by atoms with van der Waals surface area (Å²) < 4.78 is 0. The minimum Gasteiger partial charge on any atom is -0.323 e. The molecule has 6 nitrogen and oxygen atoms in total. The third-order valence-corrected chi connectivity index (χ3v) is 5.61. The van der Waals surface area contributed by atoms with Gasteiger partial charge >= 0.3 is 0 Å². The van der Waals surface area contributed by atoms with Crippen molar-refractivity contribution in [1.29, 1.82) is 0 Å². The van der Waals surface area contributed by atoms with Crippen LogP contribution in [0.25, 0.3) is 0 Å². The Labute approximate surface area is 137 Å². The van der Waals surface area contributed by atoms with E-state index in [4.69, 9.17) is 11.6 Å². The van der Waals surface area contributed by atoms with E-state index >= 15 is 0 Å². The number of pyridine rings is 1. The van der Waals surface area contributed by atoms with Gasteiger partial charge in [0.2, 0.25) is 5.91 Å². The van der Waals surface area contributed by atoms with Crippen LogP contribution < -0.4 is 16.9 Å². The molecule has 1 aromatic heterocycles. The minimum absolute atomic E-state index is 0.0262. The molecule has 3 atom stereocenters. The zero-order chi connectivity index (χ0) is 16.8. The first kappa shape index (κ1) is 16.4. The number of rotatable bonds is 5. The zero-order valence-corrected chi connectivity index (χ0v) is 14.2. The van der Waals surface area contributed by atoms with E-state index < -0.39 is 5.54 Å². The third-order valence-electron chi connectivity index (χ3n) is 5.61. The van der Waals surface area contributed by atoms with Gasteiger partial charge in [0.1, 0.15) is 0 Å². The average Bonchev–Trinajstić information content (AvgIpc) is 2.89. The SMILES string of the molecule is Cc1cccnc1CCC(C)(C)N(N)C(=O)[C@H]1[C@@H]2CNC[C@@]21N. The summed E-state index contributed by atoms with van der Waals surface area (Å²) in [5, 5.41) is 4.64. The fourth-order valence-electron chi connectivity index (χ4n) is 3.71. The Bertz CT molecular complexity index is 617. The second-order valence-corrected chi connectivity index (χ2v) is 7.62. The van der Waals surface area contributed by atoms with E-state index in [-0.39, 0.29) is 23.3 Å². The molecule has 1 saturated carbocycles. The molecular weight excluding hydrogens is 290 g/mol. The maximum absolute atomic E-state index is 12.7. The molecule has 0 unspecified atom stereocenters. The Hall–Kier alpha value is -1.50. The summed E-state index contributed by atoms with van der Waals surface area (Å²) in [5.74, 6) is 6.26. The van der Waals surface area contributed by atoms with Crippen LogP contribution in [-0.2, 0) is 11.2 Å². The van der Waals surface area contributed by atoms with E-state index in [1.165, 1.54) is 10.6 Å². The summed E-state index contributed by atoms with van der Waals surface area (Å²) >= 11 is 0. The molecule has 1 aromatic rings. The van der Waals surface area contributed by atoms with Gasteiger partial charge in [0.05, 0.1) is 11.5 Å². The second-order valence-electron chi connectivity index (χ2n) is 7.62. The number of aryl methyl sites for hydroxylation is 2. The smallest absolute Gasteiger partial charge is 0.242 e. The summed E-state index contributed by atoms with van der Waals surface area (Å²) in [5.41, 5.74) is 7.70. The number of aromatic nitrogens is 1. The normalized spacial score (nSPS) is 29.3. The van der Waals surface area contributed by atoms with Crippen molar-refractivity contribution in [2.45, 2.75) is 44.7 Å². The largest absolute Gasteiger partial charge is 0.323 e. The van der Waals surface area contributed by atoms with Gasteiger partial charge in [0.25, 0.3) is 0 Å². The Morgan fingerprint density at radius 1 is 1.57 bits per heavy atom. The molecule has 1 amide bonds. The van der Waals surface area contributed by atoms with Crippen LogP contribution in [0.5, 0.6) is 0 Å². The van der Waals surface area contributed by atoms with Crippen LogP contribution in [0.4, 0.5) is 0 Å². The lowest BCUT2D eigenvalue weighted by atomic mass is 9.94. The summed E-state index contributed by atoms with van der Waals surface area (Å²) in [6.07, 6.45) is 3.36. The van der Waals surface area contributed by atoms with Gasteiger partial charge in [-0.1, -0.05) is 6.07 Å². The van der Waals surface area contributed by atoms with Crippen LogP contribution in [0.1, 0.15) is 31.5 Å². The van der Waals surface area contributed by atoms with Crippen LogP contribution in [0, 0.1) is 18.8 Å². The topological polar surface area (TPSA) is 97.3 Å². The van der Waals surface area contributed by atoms with E-state index in [2.05, 4.69) is 23.3 Å². The molecule has 2 heterocycles. The Morgan fingerprint density at radius 2 is 2.30 bits per heavy atom. The highest BCUT2D eigenvalue weighted by Gasteiger charge is 2.69. The van der Waals surface area contributed by atoms with Gasteiger partial charge < -0.3 is 11.1 Å². The molecule has 6 heteroatoms. The van der Waals surface area contributed by atoms with Crippen molar-refractivity contribution < 1.29 is 4.79 Å². The van der Waals surface area contributed by atoms with E-state index in [1.54, 1.807) is 6.20 Å². The molecule has 0 bridgehead atoms. The highest BCUT2D eigenvalue weighted by Crippen LogP contribution is 2.51. The lowest BCUT2D eigenvalue weighted by molar-refractivity contribution is -0.139. The quantitative estimate of drug-likeness (QED) is 0.414. The molecule has 0 radical (unpaired) electrons. The predicted octanol–water partition coefficient (Wildman–Crippen LogP) is 0.350. The second kappa shape index (κ2) is 5.54. The monoisotopic (exact) mass is 317 g/mol. The number of nitrogens with zero attached hydrogens (tertiary/aromatic N) is 2. The molecule has 0 spiro atoms. The van der Waals surface area contributed by atoms with E-state index in [0.717, 1.165) is 25.1 Å². The van der Waals surface area contributed by atoms with Gasteiger partial charge in [0, 0.05) is 36.4 Å². The van der Waals surface area contributed by atoms with Gasteiger partial charge in [-0.25, -0.2) is 5.84 Å².